The zero-order chi connectivity index (χ0) is 24.5. The van der Waals surface area contributed by atoms with Crippen molar-refractivity contribution in [2.24, 2.45) is 0 Å². The normalized spacial score (nSPS) is 16.4. The predicted octanol–water partition coefficient (Wildman–Crippen LogP) is 4.70. The van der Waals surface area contributed by atoms with Crippen molar-refractivity contribution in [2.75, 3.05) is 11.5 Å². The fourth-order valence-electron chi connectivity index (χ4n) is 5.29. The van der Waals surface area contributed by atoms with Crippen molar-refractivity contribution in [3.8, 4) is 16.8 Å². The molecule has 176 valence electrons. The van der Waals surface area contributed by atoms with Crippen LogP contribution in [0.25, 0.3) is 38.6 Å². The highest BCUT2D eigenvalue weighted by Crippen LogP contribution is 2.48. The van der Waals surface area contributed by atoms with Crippen molar-refractivity contribution in [3.63, 3.8) is 0 Å². The molecule has 1 aliphatic rings. The minimum atomic E-state index is -3.19. The second-order valence-corrected chi connectivity index (χ2v) is 11.4. The van der Waals surface area contributed by atoms with Gasteiger partial charge < -0.3 is 9.67 Å². The summed E-state index contributed by atoms with van der Waals surface area (Å²) < 4.78 is 40.5. The van der Waals surface area contributed by atoms with Gasteiger partial charge in [0.05, 0.1) is 34.3 Å². The molecule has 1 saturated heterocycles. The van der Waals surface area contributed by atoms with E-state index in [0.717, 1.165) is 38.6 Å². The number of carboxylic acid groups (broad SMARTS) is 1. The highest BCUT2D eigenvalue weighted by Gasteiger charge is 2.49. The lowest BCUT2D eigenvalue weighted by molar-refractivity contribution is 0.0697. The Morgan fingerprint density at radius 3 is 2.40 bits per heavy atom. The van der Waals surface area contributed by atoms with E-state index in [1.807, 2.05) is 23.6 Å². The molecule has 0 atom stereocenters. The molecule has 0 spiro atoms. The predicted molar refractivity (Wildman–Crippen MR) is 131 cm³/mol. The van der Waals surface area contributed by atoms with Crippen molar-refractivity contribution in [1.82, 2.24) is 14.8 Å². The molecular weight excluding hydrogens is 469 g/mol. The Labute approximate surface area is 199 Å². The first-order chi connectivity index (χ1) is 16.7. The lowest BCUT2D eigenvalue weighted by atomic mass is 9.84. The lowest BCUT2D eigenvalue weighted by Gasteiger charge is -2.39. The van der Waals surface area contributed by atoms with Gasteiger partial charge in [0.25, 0.3) is 0 Å². The number of hydrogen-bond donors (Lipinski definition) is 2. The summed E-state index contributed by atoms with van der Waals surface area (Å²) in [5, 5.41) is 18.2. The second kappa shape index (κ2) is 7.26. The van der Waals surface area contributed by atoms with Gasteiger partial charge in [-0.1, -0.05) is 19.1 Å². The quantitative estimate of drug-likeness (QED) is 0.381. The molecule has 2 N–H and O–H groups in total. The molecule has 0 unspecified atom stereocenters. The first-order valence-electron chi connectivity index (χ1n) is 11.0. The van der Waals surface area contributed by atoms with E-state index in [9.17, 15) is 22.7 Å². The number of benzene rings is 3. The number of halogens is 1. The maximum Gasteiger partial charge on any atom is 0.335 e. The molecule has 7 nitrogen and oxygen atoms in total. The summed E-state index contributed by atoms with van der Waals surface area (Å²) in [5.41, 5.74) is 4.17. The number of sulfone groups is 1. The lowest BCUT2D eigenvalue weighted by Crippen LogP contribution is -2.51. The van der Waals surface area contributed by atoms with E-state index in [-0.39, 0.29) is 22.9 Å². The Bertz CT molecular complexity index is 1740. The minimum absolute atomic E-state index is 0.0167. The number of hydrogen-bond acceptors (Lipinski definition) is 4. The maximum atomic E-state index is 13.8. The molecular formula is C26H20FN3O4S. The van der Waals surface area contributed by atoms with Gasteiger partial charge in [-0.3, -0.25) is 5.10 Å². The molecule has 0 aliphatic carbocycles. The van der Waals surface area contributed by atoms with Crippen molar-refractivity contribution in [3.05, 3.63) is 83.9 Å². The van der Waals surface area contributed by atoms with Gasteiger partial charge in [0, 0.05) is 33.1 Å². The van der Waals surface area contributed by atoms with Crippen LogP contribution in [0.15, 0.2) is 66.9 Å². The van der Waals surface area contributed by atoms with Gasteiger partial charge in [0.1, 0.15) is 5.82 Å². The zero-order valence-electron chi connectivity index (χ0n) is 18.6. The number of aromatic carboxylic acids is 1. The fourth-order valence-corrected chi connectivity index (χ4v) is 7.42. The van der Waals surface area contributed by atoms with E-state index in [4.69, 9.17) is 0 Å². The standard InChI is InChI=1S/C26H20FN3O4S/c1-26(13-35(33,34)14-26)24-23(15-2-4-16(5-3-15)25(31)32)20-11-21-17(12-28-29-21)10-22(20)30(24)19-8-6-18(27)7-9-19/h2-12H,13-14H2,1H3,(H,28,29)(H,31,32). The third-order valence-corrected chi connectivity index (χ3v) is 8.84. The molecule has 6 rings (SSSR count). The number of nitrogens with zero attached hydrogens (tertiary/aromatic N) is 2. The van der Waals surface area contributed by atoms with E-state index in [2.05, 4.69) is 10.2 Å². The van der Waals surface area contributed by atoms with E-state index in [1.54, 1.807) is 30.5 Å². The third-order valence-electron chi connectivity index (χ3n) is 6.68. The number of aromatic nitrogens is 3. The molecule has 0 radical (unpaired) electrons. The van der Waals surface area contributed by atoms with Gasteiger partial charge in [0.2, 0.25) is 0 Å². The third kappa shape index (κ3) is 3.34. The number of nitrogens with one attached hydrogen (secondary N) is 1. The number of aromatic amines is 1. The number of carbonyl (C=O) groups is 1. The molecule has 9 heteroatoms. The van der Waals surface area contributed by atoms with Gasteiger partial charge in [-0.2, -0.15) is 5.10 Å². The molecule has 0 amide bonds. The molecule has 3 heterocycles. The zero-order valence-corrected chi connectivity index (χ0v) is 19.4. The Balaban J connectivity index is 1.75. The first kappa shape index (κ1) is 21.5. The van der Waals surface area contributed by atoms with Crippen LogP contribution in [0.4, 0.5) is 4.39 Å². The smallest absolute Gasteiger partial charge is 0.335 e. The van der Waals surface area contributed by atoms with Crippen LogP contribution < -0.4 is 0 Å². The number of H-pyrrole nitrogens is 1. The van der Waals surface area contributed by atoms with Crippen LogP contribution in [-0.2, 0) is 15.3 Å². The van der Waals surface area contributed by atoms with Crippen LogP contribution in [-0.4, -0.2) is 45.8 Å². The second-order valence-electron chi connectivity index (χ2n) is 9.34. The van der Waals surface area contributed by atoms with Crippen LogP contribution in [0.3, 0.4) is 0 Å². The molecule has 35 heavy (non-hydrogen) atoms. The molecule has 1 aliphatic heterocycles. The van der Waals surface area contributed by atoms with Crippen molar-refractivity contribution >= 4 is 37.6 Å². The summed E-state index contributed by atoms with van der Waals surface area (Å²) in [4.78, 5) is 11.4. The van der Waals surface area contributed by atoms with Crippen molar-refractivity contribution in [2.45, 2.75) is 12.3 Å². The van der Waals surface area contributed by atoms with Crippen LogP contribution in [0.1, 0.15) is 23.0 Å². The van der Waals surface area contributed by atoms with Gasteiger partial charge >= 0.3 is 5.97 Å². The topological polar surface area (TPSA) is 105 Å². The van der Waals surface area contributed by atoms with Crippen LogP contribution in [0, 0.1) is 5.82 Å². The Kier molecular flexibility index (Phi) is 4.47. The van der Waals surface area contributed by atoms with Gasteiger partial charge in [-0.15, -0.1) is 0 Å². The van der Waals surface area contributed by atoms with Gasteiger partial charge in [-0.25, -0.2) is 17.6 Å². The summed E-state index contributed by atoms with van der Waals surface area (Å²) in [6, 6.07) is 16.6. The highest BCUT2D eigenvalue weighted by atomic mass is 32.2. The monoisotopic (exact) mass is 489 g/mol. The molecule has 0 bridgehead atoms. The average molecular weight is 490 g/mol. The van der Waals surface area contributed by atoms with E-state index in [0.29, 0.717) is 5.69 Å². The highest BCUT2D eigenvalue weighted by molar-refractivity contribution is 7.93. The summed E-state index contributed by atoms with van der Waals surface area (Å²) in [6.45, 7) is 1.92. The number of fused-ring (bicyclic) bond motifs is 2. The van der Waals surface area contributed by atoms with E-state index >= 15 is 0 Å². The van der Waals surface area contributed by atoms with Crippen LogP contribution in [0.5, 0.6) is 0 Å². The summed E-state index contributed by atoms with van der Waals surface area (Å²) in [6.07, 6.45) is 1.72. The molecule has 1 fully saturated rings. The molecule has 0 saturated carbocycles. The van der Waals surface area contributed by atoms with E-state index in [1.165, 1.54) is 24.3 Å². The van der Waals surface area contributed by atoms with Crippen molar-refractivity contribution < 1.29 is 22.7 Å². The largest absolute Gasteiger partial charge is 0.478 e. The Morgan fingerprint density at radius 1 is 1.09 bits per heavy atom. The van der Waals surface area contributed by atoms with Gasteiger partial charge in [0.15, 0.2) is 9.84 Å². The molecule has 3 aromatic carbocycles. The van der Waals surface area contributed by atoms with Crippen molar-refractivity contribution in [1.29, 1.82) is 0 Å². The van der Waals surface area contributed by atoms with Gasteiger partial charge in [-0.05, 0) is 54.1 Å². The minimum Gasteiger partial charge on any atom is -0.478 e. The Morgan fingerprint density at radius 2 is 1.77 bits per heavy atom. The SMILES string of the molecule is CC1(c2c(-c3ccc(C(=O)O)cc3)c3cc4[nH]ncc4cc3n2-c2ccc(F)cc2)CS(=O)(=O)C1. The molecule has 5 aromatic rings. The summed E-state index contributed by atoms with van der Waals surface area (Å²) in [5.74, 6) is -1.43. The summed E-state index contributed by atoms with van der Waals surface area (Å²) in [7, 11) is -3.19. The first-order valence-corrected chi connectivity index (χ1v) is 12.8. The Hall–Kier alpha value is -3.98. The molecule has 2 aromatic heterocycles. The fraction of sp³-hybridized carbons (Fsp3) is 0.154. The number of rotatable bonds is 4. The summed E-state index contributed by atoms with van der Waals surface area (Å²) >= 11 is 0. The number of carboxylic acids is 1. The average Bonchev–Trinajstić information content (AvgIpc) is 3.39. The van der Waals surface area contributed by atoms with Crippen LogP contribution in [0.2, 0.25) is 0 Å². The maximum absolute atomic E-state index is 13.8. The van der Waals surface area contributed by atoms with E-state index < -0.39 is 21.2 Å². The van der Waals surface area contributed by atoms with Crippen LogP contribution >= 0.6 is 0 Å².